The van der Waals surface area contributed by atoms with Crippen LogP contribution in [-0.4, -0.2) is 36.8 Å². The van der Waals surface area contributed by atoms with Gasteiger partial charge in [-0.05, 0) is 13.0 Å². The largest absolute Gasteiger partial charge is 0.302 e. The Morgan fingerprint density at radius 1 is 1.39 bits per heavy atom. The quantitative estimate of drug-likeness (QED) is 0.785. The molecule has 6 nitrogen and oxygen atoms in total. The van der Waals surface area contributed by atoms with Gasteiger partial charge in [-0.3, -0.25) is 9.69 Å². The number of halogens is 1. The highest BCUT2D eigenvalue weighted by atomic mass is 32.3. The highest BCUT2D eigenvalue weighted by molar-refractivity contribution is 7.86. The van der Waals surface area contributed by atoms with E-state index in [1.807, 2.05) is 31.2 Å². The lowest BCUT2D eigenvalue weighted by atomic mass is 10.1. The molecular formula is C14H14FN3O3S2. The molecule has 0 N–H and O–H groups in total. The molecule has 1 aliphatic heterocycles. The van der Waals surface area contributed by atoms with Crippen LogP contribution in [0.2, 0.25) is 0 Å². The van der Waals surface area contributed by atoms with E-state index in [2.05, 4.69) is 10.2 Å². The van der Waals surface area contributed by atoms with Crippen LogP contribution in [0.5, 0.6) is 0 Å². The van der Waals surface area contributed by atoms with Crippen LogP contribution in [0.25, 0.3) is 10.6 Å². The molecule has 0 spiro atoms. The zero-order valence-corrected chi connectivity index (χ0v) is 13.9. The van der Waals surface area contributed by atoms with Crippen LogP contribution < -0.4 is 4.90 Å². The predicted molar refractivity (Wildman–Crippen MR) is 85.4 cm³/mol. The monoisotopic (exact) mass is 355 g/mol. The second-order valence-electron chi connectivity index (χ2n) is 5.54. The van der Waals surface area contributed by atoms with Gasteiger partial charge in [-0.2, -0.15) is 8.42 Å². The maximum absolute atomic E-state index is 12.8. The van der Waals surface area contributed by atoms with Crippen molar-refractivity contribution in [1.82, 2.24) is 10.2 Å². The third-order valence-corrected chi connectivity index (χ3v) is 5.42. The standard InChI is InChI=1S/C14H14FN3O3S2/c1-9-3-2-4-11(5-9)13-16-17-14(22-13)18-7-10(6-12(18)19)8-23(15,20)21/h2-5,10H,6-8H2,1H3. The fourth-order valence-electron chi connectivity index (χ4n) is 2.58. The van der Waals surface area contributed by atoms with Crippen LogP contribution in [0.15, 0.2) is 24.3 Å². The first-order chi connectivity index (χ1) is 10.8. The molecule has 1 fully saturated rings. The predicted octanol–water partition coefficient (Wildman–Crippen LogP) is 2.17. The maximum Gasteiger partial charge on any atom is 0.302 e. The van der Waals surface area contributed by atoms with Gasteiger partial charge in [-0.1, -0.05) is 35.1 Å². The Bertz CT molecular complexity index is 850. The summed E-state index contributed by atoms with van der Waals surface area (Å²) in [4.78, 5) is 13.4. The first-order valence-electron chi connectivity index (χ1n) is 6.95. The summed E-state index contributed by atoms with van der Waals surface area (Å²) in [6.45, 7) is 2.11. The number of amides is 1. The summed E-state index contributed by atoms with van der Waals surface area (Å²) in [5, 5.41) is 9.19. The van der Waals surface area contributed by atoms with E-state index in [4.69, 9.17) is 0 Å². The molecule has 1 saturated heterocycles. The smallest absolute Gasteiger partial charge is 0.286 e. The van der Waals surface area contributed by atoms with E-state index in [1.54, 1.807) is 0 Å². The van der Waals surface area contributed by atoms with Gasteiger partial charge in [0.2, 0.25) is 11.0 Å². The Kier molecular flexibility index (Phi) is 4.15. The molecule has 1 aromatic carbocycles. The van der Waals surface area contributed by atoms with Gasteiger partial charge in [-0.15, -0.1) is 14.1 Å². The SMILES string of the molecule is Cc1cccc(-c2nnc(N3CC(CS(=O)(=O)F)CC3=O)s2)c1. The van der Waals surface area contributed by atoms with Gasteiger partial charge in [0.1, 0.15) is 5.01 Å². The van der Waals surface area contributed by atoms with Crippen LogP contribution in [0.1, 0.15) is 12.0 Å². The molecule has 1 atom stereocenters. The Morgan fingerprint density at radius 3 is 2.87 bits per heavy atom. The molecule has 0 aliphatic carbocycles. The second kappa shape index (κ2) is 5.97. The first kappa shape index (κ1) is 16.0. The minimum Gasteiger partial charge on any atom is -0.286 e. The molecule has 122 valence electrons. The van der Waals surface area contributed by atoms with Gasteiger partial charge < -0.3 is 0 Å². The molecule has 9 heteroatoms. The minimum atomic E-state index is -4.59. The van der Waals surface area contributed by atoms with Crippen molar-refractivity contribution in [2.24, 2.45) is 5.92 Å². The molecule has 0 bridgehead atoms. The minimum absolute atomic E-state index is 0.00249. The zero-order chi connectivity index (χ0) is 16.6. The molecule has 2 aromatic rings. The van der Waals surface area contributed by atoms with Crippen molar-refractivity contribution in [2.45, 2.75) is 13.3 Å². The number of hydrogen-bond acceptors (Lipinski definition) is 6. The number of aryl methyl sites for hydroxylation is 1. The lowest BCUT2D eigenvalue weighted by Crippen LogP contribution is -2.25. The van der Waals surface area contributed by atoms with Gasteiger partial charge in [-0.25, -0.2) is 0 Å². The first-order valence-corrected chi connectivity index (χ1v) is 9.32. The van der Waals surface area contributed by atoms with E-state index in [1.165, 1.54) is 16.2 Å². The third kappa shape index (κ3) is 3.73. The van der Waals surface area contributed by atoms with Gasteiger partial charge in [0.05, 0.1) is 5.75 Å². The molecule has 2 heterocycles. The van der Waals surface area contributed by atoms with E-state index in [0.717, 1.165) is 11.1 Å². The highest BCUT2D eigenvalue weighted by Gasteiger charge is 2.35. The second-order valence-corrected chi connectivity index (χ2v) is 7.91. The van der Waals surface area contributed by atoms with Crippen LogP contribution in [-0.2, 0) is 15.0 Å². The number of anilines is 1. The summed E-state index contributed by atoms with van der Waals surface area (Å²) in [6, 6.07) is 7.75. The maximum atomic E-state index is 12.8. The van der Waals surface area contributed by atoms with Crippen molar-refractivity contribution < 1.29 is 17.1 Å². The molecule has 0 saturated carbocycles. The average molecular weight is 355 g/mol. The van der Waals surface area contributed by atoms with Crippen molar-refractivity contribution in [2.75, 3.05) is 17.2 Å². The molecule has 1 amide bonds. The van der Waals surface area contributed by atoms with Gasteiger partial charge in [0.25, 0.3) is 0 Å². The van der Waals surface area contributed by atoms with Gasteiger partial charge in [0.15, 0.2) is 0 Å². The number of hydrogen-bond donors (Lipinski definition) is 0. The Hall–Kier alpha value is -1.87. The molecule has 1 aliphatic rings. The van der Waals surface area contributed by atoms with E-state index >= 15 is 0 Å². The van der Waals surface area contributed by atoms with E-state index in [-0.39, 0.29) is 18.9 Å². The summed E-state index contributed by atoms with van der Waals surface area (Å²) < 4.78 is 34.3. The number of rotatable bonds is 4. The molecule has 3 rings (SSSR count). The van der Waals surface area contributed by atoms with Crippen LogP contribution in [0.3, 0.4) is 0 Å². The molecule has 1 aromatic heterocycles. The van der Waals surface area contributed by atoms with Crippen molar-refractivity contribution in [3.63, 3.8) is 0 Å². The van der Waals surface area contributed by atoms with E-state index in [0.29, 0.717) is 10.1 Å². The molecule has 0 radical (unpaired) electrons. The van der Waals surface area contributed by atoms with Crippen LogP contribution in [0.4, 0.5) is 9.02 Å². The topological polar surface area (TPSA) is 80.2 Å². The number of carbonyl (C=O) groups is 1. The summed E-state index contributed by atoms with van der Waals surface area (Å²) in [7, 11) is -4.59. The van der Waals surface area contributed by atoms with Crippen molar-refractivity contribution >= 4 is 32.6 Å². The fraction of sp³-hybridized carbons (Fsp3) is 0.357. The Morgan fingerprint density at radius 2 is 2.17 bits per heavy atom. The average Bonchev–Trinajstić information content (AvgIpc) is 3.03. The molecule has 23 heavy (non-hydrogen) atoms. The molecule has 1 unspecified atom stereocenters. The lowest BCUT2D eigenvalue weighted by molar-refractivity contribution is -0.117. The summed E-state index contributed by atoms with van der Waals surface area (Å²) in [5.41, 5.74) is 1.99. The van der Waals surface area contributed by atoms with Gasteiger partial charge >= 0.3 is 10.2 Å². The number of carbonyl (C=O) groups excluding carboxylic acids is 1. The summed E-state index contributed by atoms with van der Waals surface area (Å²) in [5.74, 6) is -1.45. The van der Waals surface area contributed by atoms with E-state index < -0.39 is 21.9 Å². The summed E-state index contributed by atoms with van der Waals surface area (Å²) >= 11 is 1.26. The normalized spacial score (nSPS) is 18.6. The number of benzene rings is 1. The third-order valence-electron chi connectivity index (χ3n) is 3.55. The molecular weight excluding hydrogens is 341 g/mol. The number of aromatic nitrogens is 2. The van der Waals surface area contributed by atoms with Crippen molar-refractivity contribution in [1.29, 1.82) is 0 Å². The van der Waals surface area contributed by atoms with E-state index in [9.17, 15) is 17.1 Å². The Balaban J connectivity index is 1.79. The Labute approximate surface area is 137 Å². The fourth-order valence-corrected chi connectivity index (χ4v) is 4.23. The lowest BCUT2D eigenvalue weighted by Gasteiger charge is -2.11. The van der Waals surface area contributed by atoms with Crippen LogP contribution in [0, 0.1) is 12.8 Å². The summed E-state index contributed by atoms with van der Waals surface area (Å²) in [6.07, 6.45) is 0.00249. The van der Waals surface area contributed by atoms with Gasteiger partial charge in [0, 0.05) is 24.4 Å². The van der Waals surface area contributed by atoms with Crippen molar-refractivity contribution in [3.05, 3.63) is 29.8 Å². The zero-order valence-electron chi connectivity index (χ0n) is 12.3. The van der Waals surface area contributed by atoms with Crippen molar-refractivity contribution in [3.8, 4) is 10.6 Å². The van der Waals surface area contributed by atoms with Crippen LogP contribution >= 0.6 is 11.3 Å². The highest BCUT2D eigenvalue weighted by Crippen LogP contribution is 2.32. The number of nitrogens with zero attached hydrogens (tertiary/aromatic N) is 3.